The summed E-state index contributed by atoms with van der Waals surface area (Å²) in [5.41, 5.74) is 0.994. The van der Waals surface area contributed by atoms with Crippen LogP contribution in [0, 0.1) is 0 Å². The van der Waals surface area contributed by atoms with Crippen LogP contribution in [0.2, 0.25) is 9.36 Å². The number of benzene rings is 1. The van der Waals surface area contributed by atoms with Crippen LogP contribution in [0.5, 0.6) is 0 Å². The van der Waals surface area contributed by atoms with Gasteiger partial charge in [0.05, 0.1) is 15.3 Å². The molecule has 1 N–H and O–H groups in total. The van der Waals surface area contributed by atoms with Crippen LogP contribution in [0.15, 0.2) is 36.4 Å². The van der Waals surface area contributed by atoms with Crippen LogP contribution in [-0.4, -0.2) is 31.4 Å². The molecule has 21 heavy (non-hydrogen) atoms. The van der Waals surface area contributed by atoms with Crippen molar-refractivity contribution in [3.05, 3.63) is 56.2 Å². The van der Waals surface area contributed by atoms with Crippen molar-refractivity contribution in [1.29, 1.82) is 0 Å². The number of amides is 1. The molecule has 1 aromatic carbocycles. The number of halogens is 2. The molecule has 1 atom stereocenters. The van der Waals surface area contributed by atoms with Crippen molar-refractivity contribution in [2.24, 2.45) is 0 Å². The van der Waals surface area contributed by atoms with E-state index in [9.17, 15) is 4.79 Å². The predicted molar refractivity (Wildman–Crippen MR) is 89.5 cm³/mol. The Kier molecular flexibility index (Phi) is 5.65. The van der Waals surface area contributed by atoms with E-state index < -0.39 is 0 Å². The monoisotopic (exact) mass is 342 g/mol. The van der Waals surface area contributed by atoms with Crippen LogP contribution < -0.4 is 5.32 Å². The number of nitrogens with one attached hydrogen (secondary N) is 1. The van der Waals surface area contributed by atoms with Gasteiger partial charge in [0.1, 0.15) is 0 Å². The van der Waals surface area contributed by atoms with Gasteiger partial charge < -0.3 is 10.2 Å². The van der Waals surface area contributed by atoms with Crippen LogP contribution in [0.25, 0.3) is 0 Å². The molecule has 0 bridgehead atoms. The van der Waals surface area contributed by atoms with Crippen LogP contribution in [-0.2, 0) is 0 Å². The van der Waals surface area contributed by atoms with Gasteiger partial charge in [-0.1, -0.05) is 41.4 Å². The maximum Gasteiger partial charge on any atom is 0.261 e. The quantitative estimate of drug-likeness (QED) is 0.887. The normalized spacial score (nSPS) is 12.4. The lowest BCUT2D eigenvalue weighted by atomic mass is 10.1. The summed E-state index contributed by atoms with van der Waals surface area (Å²) in [4.78, 5) is 14.7. The van der Waals surface area contributed by atoms with Crippen LogP contribution in [0.3, 0.4) is 0 Å². The van der Waals surface area contributed by atoms with E-state index in [2.05, 4.69) is 5.32 Å². The Bertz CT molecular complexity index is 628. The third kappa shape index (κ3) is 4.20. The van der Waals surface area contributed by atoms with E-state index in [0.717, 1.165) is 5.56 Å². The highest BCUT2D eigenvalue weighted by molar-refractivity contribution is 7.17. The van der Waals surface area contributed by atoms with Crippen LogP contribution in [0.1, 0.15) is 21.3 Å². The van der Waals surface area contributed by atoms with Gasteiger partial charge in [-0.15, -0.1) is 11.3 Å². The van der Waals surface area contributed by atoms with Crippen molar-refractivity contribution in [3.63, 3.8) is 0 Å². The van der Waals surface area contributed by atoms with Gasteiger partial charge in [-0.05, 0) is 37.9 Å². The van der Waals surface area contributed by atoms with Gasteiger partial charge in [0, 0.05) is 11.6 Å². The fourth-order valence-electron chi connectivity index (χ4n) is 2.03. The zero-order valence-electron chi connectivity index (χ0n) is 11.8. The fourth-order valence-corrected chi connectivity index (χ4v) is 3.25. The van der Waals surface area contributed by atoms with E-state index in [1.807, 2.05) is 43.3 Å². The third-order valence-corrected chi connectivity index (χ3v) is 4.71. The molecule has 2 aromatic rings. The first-order valence-corrected chi connectivity index (χ1v) is 8.00. The molecule has 0 spiro atoms. The molecule has 1 heterocycles. The van der Waals surface area contributed by atoms with Gasteiger partial charge in [-0.2, -0.15) is 0 Å². The Hall–Kier alpha value is -1.07. The molecule has 6 heteroatoms. The average molecular weight is 343 g/mol. The molecule has 0 unspecified atom stereocenters. The predicted octanol–water partition coefficient (Wildman–Crippen LogP) is 4.09. The minimum Gasteiger partial charge on any atom is -0.349 e. The van der Waals surface area contributed by atoms with E-state index in [1.54, 1.807) is 12.1 Å². The van der Waals surface area contributed by atoms with E-state index >= 15 is 0 Å². The summed E-state index contributed by atoms with van der Waals surface area (Å²) < 4.78 is 0.607. The summed E-state index contributed by atoms with van der Waals surface area (Å²) in [6.45, 7) is 0.477. The summed E-state index contributed by atoms with van der Waals surface area (Å²) in [5.74, 6) is -0.120. The zero-order valence-corrected chi connectivity index (χ0v) is 14.1. The molecule has 0 fully saturated rings. The van der Waals surface area contributed by atoms with Crippen molar-refractivity contribution in [3.8, 4) is 0 Å². The summed E-state index contributed by atoms with van der Waals surface area (Å²) in [5, 5.41) is 3.63. The fraction of sp³-hybridized carbons (Fsp3) is 0.267. The summed E-state index contributed by atoms with van der Waals surface area (Å²) >= 11 is 13.4. The van der Waals surface area contributed by atoms with E-state index in [0.29, 0.717) is 20.8 Å². The molecule has 0 saturated carbocycles. The smallest absolute Gasteiger partial charge is 0.261 e. The SMILES string of the molecule is CN(C)[C@@H](CNC(=O)c1ccc(Cl)s1)c1ccccc1Cl. The maximum atomic E-state index is 12.1. The molecule has 1 aromatic heterocycles. The van der Waals surface area contributed by atoms with Crippen LogP contribution >= 0.6 is 34.5 Å². The summed E-state index contributed by atoms with van der Waals surface area (Å²) in [6, 6.07) is 11.1. The Morgan fingerprint density at radius 3 is 2.52 bits per heavy atom. The number of carbonyl (C=O) groups excluding carboxylic acids is 1. The van der Waals surface area contributed by atoms with Gasteiger partial charge in [0.2, 0.25) is 0 Å². The van der Waals surface area contributed by atoms with E-state index in [4.69, 9.17) is 23.2 Å². The number of nitrogens with zero attached hydrogens (tertiary/aromatic N) is 1. The van der Waals surface area contributed by atoms with Crippen molar-refractivity contribution < 1.29 is 4.79 Å². The lowest BCUT2D eigenvalue weighted by Gasteiger charge is -2.25. The molecular formula is C15H16Cl2N2OS. The number of hydrogen-bond donors (Lipinski definition) is 1. The highest BCUT2D eigenvalue weighted by atomic mass is 35.5. The molecule has 0 aliphatic rings. The molecule has 0 saturated heterocycles. The number of carbonyl (C=O) groups is 1. The minimum absolute atomic E-state index is 0.0121. The highest BCUT2D eigenvalue weighted by Crippen LogP contribution is 2.26. The highest BCUT2D eigenvalue weighted by Gasteiger charge is 2.18. The number of likely N-dealkylation sites (N-methyl/N-ethyl adjacent to an activating group) is 1. The summed E-state index contributed by atoms with van der Waals surface area (Å²) in [6.07, 6.45) is 0. The van der Waals surface area contributed by atoms with Gasteiger partial charge >= 0.3 is 0 Å². The van der Waals surface area contributed by atoms with Gasteiger partial charge in [0.15, 0.2) is 0 Å². The topological polar surface area (TPSA) is 32.3 Å². The summed E-state index contributed by atoms with van der Waals surface area (Å²) in [7, 11) is 3.92. The second-order valence-corrected chi connectivity index (χ2v) is 6.94. The van der Waals surface area contributed by atoms with E-state index in [1.165, 1.54) is 11.3 Å². The number of rotatable bonds is 5. The standard InChI is InChI=1S/C15H16Cl2N2OS/c1-19(2)12(10-5-3-4-6-11(10)16)9-18-15(20)13-7-8-14(17)21-13/h3-8,12H,9H2,1-2H3,(H,18,20)/t12-/m0/s1. The van der Waals surface area contributed by atoms with Gasteiger partial charge in [-0.3, -0.25) is 4.79 Å². The first-order chi connectivity index (χ1) is 9.99. The van der Waals surface area contributed by atoms with Crippen molar-refractivity contribution in [2.45, 2.75) is 6.04 Å². The van der Waals surface area contributed by atoms with Crippen molar-refractivity contribution >= 4 is 40.4 Å². The number of hydrogen-bond acceptors (Lipinski definition) is 3. The first kappa shape index (κ1) is 16.3. The second kappa shape index (κ2) is 7.27. The molecule has 0 radical (unpaired) electrons. The first-order valence-electron chi connectivity index (χ1n) is 6.43. The Balaban J connectivity index is 2.08. The minimum atomic E-state index is -0.120. The molecule has 3 nitrogen and oxygen atoms in total. The molecule has 0 aliphatic carbocycles. The Labute approximate surface area is 138 Å². The van der Waals surface area contributed by atoms with Crippen LogP contribution in [0.4, 0.5) is 0 Å². The molecule has 2 rings (SSSR count). The van der Waals surface area contributed by atoms with Crippen molar-refractivity contribution in [2.75, 3.05) is 20.6 Å². The second-order valence-electron chi connectivity index (χ2n) is 4.81. The Morgan fingerprint density at radius 1 is 1.24 bits per heavy atom. The zero-order chi connectivity index (χ0) is 15.4. The van der Waals surface area contributed by atoms with E-state index in [-0.39, 0.29) is 11.9 Å². The number of thiophene rings is 1. The van der Waals surface area contributed by atoms with Gasteiger partial charge in [-0.25, -0.2) is 0 Å². The Morgan fingerprint density at radius 2 is 1.95 bits per heavy atom. The molecule has 1 amide bonds. The van der Waals surface area contributed by atoms with Crippen molar-refractivity contribution in [1.82, 2.24) is 10.2 Å². The molecule has 112 valence electrons. The largest absolute Gasteiger partial charge is 0.349 e. The third-order valence-electron chi connectivity index (χ3n) is 3.14. The van der Waals surface area contributed by atoms with Gasteiger partial charge in [0.25, 0.3) is 5.91 Å². The lowest BCUT2D eigenvalue weighted by Crippen LogP contribution is -2.34. The maximum absolute atomic E-state index is 12.1. The molecule has 0 aliphatic heterocycles. The average Bonchev–Trinajstić information content (AvgIpc) is 2.87. The lowest BCUT2D eigenvalue weighted by molar-refractivity contribution is 0.0946. The molecular weight excluding hydrogens is 327 g/mol.